The Morgan fingerprint density at radius 3 is 2.80 bits per heavy atom. The predicted molar refractivity (Wildman–Crippen MR) is 43.0 cm³/mol. The van der Waals surface area contributed by atoms with E-state index in [1.165, 1.54) is 0 Å². The molecule has 2 aliphatic rings. The topological polar surface area (TPSA) is 35.5 Å². The van der Waals surface area contributed by atoms with Gasteiger partial charge in [-0.05, 0) is 18.8 Å². The summed E-state index contributed by atoms with van der Waals surface area (Å²) in [4.78, 5) is 11.2. The van der Waals surface area contributed by atoms with E-state index < -0.39 is 24.7 Å². The van der Waals surface area contributed by atoms with E-state index >= 15 is 0 Å². The van der Waals surface area contributed by atoms with Crippen molar-refractivity contribution in [2.24, 2.45) is 11.8 Å². The van der Waals surface area contributed by atoms with Gasteiger partial charge in [-0.3, -0.25) is 4.79 Å². The van der Waals surface area contributed by atoms with Gasteiger partial charge in [0.25, 0.3) is 0 Å². The number of hydrogen-bond donors (Lipinski definition) is 0. The number of carbonyl (C=O) groups excluding carboxylic acids is 1. The Balaban J connectivity index is 1.78. The van der Waals surface area contributed by atoms with Gasteiger partial charge in [0.1, 0.15) is 0 Å². The summed E-state index contributed by atoms with van der Waals surface area (Å²) < 4.78 is 44.7. The zero-order valence-corrected chi connectivity index (χ0v) is 7.92. The Hall–Kier alpha value is -0.780. The molecule has 0 radical (unpaired) electrons. The van der Waals surface area contributed by atoms with E-state index in [0.717, 1.165) is 6.42 Å². The highest BCUT2D eigenvalue weighted by atomic mass is 19.4. The molecule has 2 fully saturated rings. The Morgan fingerprint density at radius 2 is 2.20 bits per heavy atom. The van der Waals surface area contributed by atoms with Gasteiger partial charge in [0.15, 0.2) is 6.61 Å². The van der Waals surface area contributed by atoms with Crippen LogP contribution in [0.1, 0.15) is 12.8 Å². The van der Waals surface area contributed by atoms with E-state index in [4.69, 9.17) is 4.74 Å². The number of halogens is 3. The highest BCUT2D eigenvalue weighted by Crippen LogP contribution is 2.43. The van der Waals surface area contributed by atoms with Crippen LogP contribution in [-0.4, -0.2) is 31.5 Å². The average Bonchev–Trinajstić information content (AvgIpc) is 2.43. The predicted octanol–water partition coefficient (Wildman–Crippen LogP) is 1.52. The Morgan fingerprint density at radius 1 is 1.47 bits per heavy atom. The van der Waals surface area contributed by atoms with Crippen LogP contribution in [-0.2, 0) is 14.3 Å². The van der Waals surface area contributed by atoms with Crippen LogP contribution >= 0.6 is 0 Å². The van der Waals surface area contributed by atoms with Crippen LogP contribution in [0.2, 0.25) is 0 Å². The third-order valence-corrected chi connectivity index (χ3v) is 2.90. The fraction of sp³-hybridized carbons (Fsp3) is 0.889. The molecule has 0 bridgehead atoms. The lowest BCUT2D eigenvalue weighted by Gasteiger charge is -2.36. The summed E-state index contributed by atoms with van der Waals surface area (Å²) in [6.45, 7) is -0.905. The van der Waals surface area contributed by atoms with Gasteiger partial charge in [-0.25, -0.2) is 0 Å². The van der Waals surface area contributed by atoms with Crippen LogP contribution < -0.4 is 0 Å². The van der Waals surface area contributed by atoms with Gasteiger partial charge in [0, 0.05) is 6.61 Å². The standard InChI is InChI=1S/C9H11F3O3/c10-9(11,12)4-15-8(13)6-3-5-1-2-14-7(5)6/h5-7H,1-4H2/t5-,6-,7-/m1/s1. The molecule has 3 atom stereocenters. The summed E-state index contributed by atoms with van der Waals surface area (Å²) in [6, 6.07) is 0. The highest BCUT2D eigenvalue weighted by Gasteiger charge is 2.50. The van der Waals surface area contributed by atoms with Gasteiger partial charge in [0.2, 0.25) is 0 Å². The maximum absolute atomic E-state index is 11.8. The molecule has 1 saturated carbocycles. The third kappa shape index (κ3) is 2.25. The van der Waals surface area contributed by atoms with E-state index in [0.29, 0.717) is 18.9 Å². The number of fused-ring (bicyclic) bond motifs is 1. The van der Waals surface area contributed by atoms with Crippen LogP contribution in [0.5, 0.6) is 0 Å². The van der Waals surface area contributed by atoms with Crippen LogP contribution in [0.4, 0.5) is 13.2 Å². The first-order chi connectivity index (χ1) is 6.97. The molecule has 0 N–H and O–H groups in total. The Bertz CT molecular complexity index is 264. The molecule has 1 saturated heterocycles. The molecular weight excluding hydrogens is 213 g/mol. The maximum atomic E-state index is 11.8. The van der Waals surface area contributed by atoms with Gasteiger partial charge in [-0.2, -0.15) is 13.2 Å². The molecule has 0 aromatic rings. The van der Waals surface area contributed by atoms with Crippen LogP contribution in [0.25, 0.3) is 0 Å². The first kappa shape index (κ1) is 10.7. The summed E-state index contributed by atoms with van der Waals surface area (Å²) in [7, 11) is 0. The van der Waals surface area contributed by atoms with Crippen molar-refractivity contribution < 1.29 is 27.4 Å². The minimum Gasteiger partial charge on any atom is -0.456 e. The lowest BCUT2D eigenvalue weighted by atomic mass is 9.72. The molecule has 3 nitrogen and oxygen atoms in total. The smallest absolute Gasteiger partial charge is 0.422 e. The number of hydrogen-bond acceptors (Lipinski definition) is 3. The molecule has 1 aliphatic carbocycles. The fourth-order valence-electron chi connectivity index (χ4n) is 2.11. The lowest BCUT2D eigenvalue weighted by Crippen LogP contribution is -2.45. The van der Waals surface area contributed by atoms with Crippen molar-refractivity contribution in [3.8, 4) is 0 Å². The fourth-order valence-corrected chi connectivity index (χ4v) is 2.11. The molecule has 0 spiro atoms. The zero-order chi connectivity index (χ0) is 11.1. The minimum absolute atomic E-state index is 0.203. The van der Waals surface area contributed by atoms with E-state index in [9.17, 15) is 18.0 Å². The highest BCUT2D eigenvalue weighted by molar-refractivity contribution is 5.74. The SMILES string of the molecule is O=C(OCC(F)(F)F)[C@@H]1C[C@H]2CCO[C@H]21. The van der Waals surface area contributed by atoms with Gasteiger partial charge in [-0.1, -0.05) is 0 Å². The second kappa shape index (κ2) is 3.66. The molecule has 0 unspecified atom stereocenters. The summed E-state index contributed by atoms with van der Waals surface area (Å²) in [5.41, 5.74) is 0. The molecule has 1 aliphatic heterocycles. The van der Waals surface area contributed by atoms with Gasteiger partial charge < -0.3 is 9.47 Å². The molecule has 15 heavy (non-hydrogen) atoms. The van der Waals surface area contributed by atoms with Crippen molar-refractivity contribution in [2.45, 2.75) is 25.1 Å². The molecule has 0 aromatic carbocycles. The van der Waals surface area contributed by atoms with Crippen LogP contribution in [0.3, 0.4) is 0 Å². The summed E-state index contributed by atoms with van der Waals surface area (Å²) in [5, 5.41) is 0. The summed E-state index contributed by atoms with van der Waals surface area (Å²) in [6.07, 6.45) is -3.16. The van der Waals surface area contributed by atoms with Gasteiger partial charge in [0.05, 0.1) is 12.0 Å². The second-order valence-corrected chi connectivity index (χ2v) is 3.95. The third-order valence-electron chi connectivity index (χ3n) is 2.90. The normalized spacial score (nSPS) is 34.5. The summed E-state index contributed by atoms with van der Waals surface area (Å²) in [5.74, 6) is -0.927. The molecular formula is C9H11F3O3. The van der Waals surface area contributed by atoms with E-state index in [-0.39, 0.29) is 6.10 Å². The number of esters is 1. The molecule has 86 valence electrons. The monoisotopic (exact) mass is 224 g/mol. The molecule has 6 heteroatoms. The molecule has 1 heterocycles. The Labute approximate surface area is 84.5 Å². The number of ether oxygens (including phenoxy) is 2. The number of carbonyl (C=O) groups is 1. The lowest BCUT2D eigenvalue weighted by molar-refractivity contribution is -0.196. The van der Waals surface area contributed by atoms with E-state index in [1.807, 2.05) is 0 Å². The van der Waals surface area contributed by atoms with Crippen LogP contribution in [0, 0.1) is 11.8 Å². The quantitative estimate of drug-likeness (QED) is 0.667. The first-order valence-electron chi connectivity index (χ1n) is 4.82. The van der Waals surface area contributed by atoms with E-state index in [1.54, 1.807) is 0 Å². The molecule has 0 amide bonds. The second-order valence-electron chi connectivity index (χ2n) is 3.95. The van der Waals surface area contributed by atoms with Crippen molar-refractivity contribution in [2.75, 3.05) is 13.2 Å². The zero-order valence-electron chi connectivity index (χ0n) is 7.92. The Kier molecular flexibility index (Phi) is 2.62. The van der Waals surface area contributed by atoms with Gasteiger partial charge >= 0.3 is 12.1 Å². The molecule has 0 aromatic heterocycles. The van der Waals surface area contributed by atoms with Crippen LogP contribution in [0.15, 0.2) is 0 Å². The van der Waals surface area contributed by atoms with Gasteiger partial charge in [-0.15, -0.1) is 0 Å². The van der Waals surface area contributed by atoms with Crippen molar-refractivity contribution in [3.05, 3.63) is 0 Å². The summed E-state index contributed by atoms with van der Waals surface area (Å²) >= 11 is 0. The largest absolute Gasteiger partial charge is 0.456 e. The first-order valence-corrected chi connectivity index (χ1v) is 4.82. The number of rotatable bonds is 2. The molecule has 2 rings (SSSR count). The van der Waals surface area contributed by atoms with Crippen molar-refractivity contribution >= 4 is 5.97 Å². The van der Waals surface area contributed by atoms with Crippen molar-refractivity contribution in [3.63, 3.8) is 0 Å². The number of alkyl halides is 3. The minimum atomic E-state index is -4.45. The van der Waals surface area contributed by atoms with Crippen molar-refractivity contribution in [1.29, 1.82) is 0 Å². The van der Waals surface area contributed by atoms with E-state index in [2.05, 4.69) is 4.74 Å². The van der Waals surface area contributed by atoms with Crippen molar-refractivity contribution in [1.82, 2.24) is 0 Å². The average molecular weight is 224 g/mol. The maximum Gasteiger partial charge on any atom is 0.422 e.